The van der Waals surface area contributed by atoms with E-state index in [2.05, 4.69) is 84.8 Å². The summed E-state index contributed by atoms with van der Waals surface area (Å²) in [5.41, 5.74) is 9.17. The number of hydrogen-bond donors (Lipinski definition) is 2. The second-order valence-corrected chi connectivity index (χ2v) is 10.0. The number of ether oxygens (including phenoxy) is 1. The number of benzene rings is 4. The van der Waals surface area contributed by atoms with Crippen LogP contribution in [0.1, 0.15) is 51.4 Å². The highest BCUT2D eigenvalue weighted by molar-refractivity contribution is 5.85. The standard InChI is InChI=1S/C32H29N3O3/c1-19-8-10-21(11-9-19)29-30(31-20(2)25-6-4-5-7-27(25)33-31)26-18-24(38-3)16-17-28(26)34-32(29)22-12-14-23(15-13-22)35(36)37/h4-18,29-30,32-34H,1-3H3/t29-,30+,32+/m0/s1. The molecule has 38 heavy (non-hydrogen) atoms. The summed E-state index contributed by atoms with van der Waals surface area (Å²) in [4.78, 5) is 14.8. The van der Waals surface area contributed by atoms with E-state index in [1.54, 1.807) is 19.2 Å². The highest BCUT2D eigenvalue weighted by Gasteiger charge is 2.41. The molecular weight excluding hydrogens is 474 g/mol. The van der Waals surface area contributed by atoms with Gasteiger partial charge in [0.05, 0.1) is 18.1 Å². The number of nitro benzene ring substituents is 1. The number of H-pyrrole nitrogens is 1. The second-order valence-electron chi connectivity index (χ2n) is 10.0. The number of aromatic nitrogens is 1. The predicted octanol–water partition coefficient (Wildman–Crippen LogP) is 7.78. The van der Waals surface area contributed by atoms with Crippen LogP contribution in [0.3, 0.4) is 0 Å². The Morgan fingerprint density at radius 3 is 2.26 bits per heavy atom. The number of nitro groups is 1. The fourth-order valence-corrected chi connectivity index (χ4v) is 5.92. The van der Waals surface area contributed by atoms with Crippen LogP contribution in [0.25, 0.3) is 10.9 Å². The summed E-state index contributed by atoms with van der Waals surface area (Å²) < 4.78 is 5.66. The second kappa shape index (κ2) is 9.38. The normalized spacial score (nSPS) is 18.6. The smallest absolute Gasteiger partial charge is 0.269 e. The van der Waals surface area contributed by atoms with Crippen molar-refractivity contribution in [2.75, 3.05) is 12.4 Å². The maximum Gasteiger partial charge on any atom is 0.269 e. The van der Waals surface area contributed by atoms with Crippen molar-refractivity contribution in [2.24, 2.45) is 0 Å². The number of fused-ring (bicyclic) bond motifs is 2. The van der Waals surface area contributed by atoms with E-state index in [4.69, 9.17) is 4.74 Å². The van der Waals surface area contributed by atoms with Crippen LogP contribution in [0.4, 0.5) is 11.4 Å². The molecule has 6 rings (SSSR count). The van der Waals surface area contributed by atoms with Crippen molar-refractivity contribution >= 4 is 22.3 Å². The first-order chi connectivity index (χ1) is 18.4. The highest BCUT2D eigenvalue weighted by Crippen LogP contribution is 2.54. The van der Waals surface area contributed by atoms with E-state index in [1.807, 2.05) is 18.2 Å². The van der Waals surface area contributed by atoms with Crippen LogP contribution in [0.5, 0.6) is 5.75 Å². The van der Waals surface area contributed by atoms with Crippen LogP contribution in [0, 0.1) is 24.0 Å². The van der Waals surface area contributed by atoms with Crippen LogP contribution in [0.2, 0.25) is 0 Å². The van der Waals surface area contributed by atoms with E-state index in [1.165, 1.54) is 27.8 Å². The molecule has 6 nitrogen and oxygen atoms in total. The lowest BCUT2D eigenvalue weighted by Gasteiger charge is -2.42. The average molecular weight is 504 g/mol. The van der Waals surface area contributed by atoms with E-state index < -0.39 is 0 Å². The van der Waals surface area contributed by atoms with Crippen LogP contribution in [-0.4, -0.2) is 17.0 Å². The molecule has 0 saturated heterocycles. The Morgan fingerprint density at radius 1 is 0.868 bits per heavy atom. The van der Waals surface area contributed by atoms with Gasteiger partial charge in [0.1, 0.15) is 5.75 Å². The van der Waals surface area contributed by atoms with Crippen molar-refractivity contribution in [1.29, 1.82) is 0 Å². The number of rotatable bonds is 5. The van der Waals surface area contributed by atoms with Gasteiger partial charge in [0.15, 0.2) is 0 Å². The molecule has 0 unspecified atom stereocenters. The fraction of sp³-hybridized carbons (Fsp3) is 0.188. The molecule has 2 N–H and O–H groups in total. The summed E-state index contributed by atoms with van der Waals surface area (Å²) in [6, 6.07) is 30.1. The minimum atomic E-state index is -0.353. The van der Waals surface area contributed by atoms with Gasteiger partial charge in [-0.3, -0.25) is 10.1 Å². The monoisotopic (exact) mass is 503 g/mol. The van der Waals surface area contributed by atoms with Crippen LogP contribution in [-0.2, 0) is 0 Å². The third kappa shape index (κ3) is 3.98. The maximum atomic E-state index is 11.4. The first kappa shape index (κ1) is 23.8. The largest absolute Gasteiger partial charge is 0.497 e. The lowest BCUT2D eigenvalue weighted by Crippen LogP contribution is -2.31. The van der Waals surface area contributed by atoms with Crippen molar-refractivity contribution in [1.82, 2.24) is 4.98 Å². The van der Waals surface area contributed by atoms with Crippen molar-refractivity contribution in [2.45, 2.75) is 31.7 Å². The zero-order valence-electron chi connectivity index (χ0n) is 21.6. The van der Waals surface area contributed by atoms with Gasteiger partial charge in [-0.2, -0.15) is 0 Å². The Balaban J connectivity index is 1.62. The van der Waals surface area contributed by atoms with Gasteiger partial charge >= 0.3 is 0 Å². The summed E-state index contributed by atoms with van der Waals surface area (Å²) in [6.07, 6.45) is 0. The molecule has 5 aromatic rings. The average Bonchev–Trinajstić information content (AvgIpc) is 3.28. The van der Waals surface area contributed by atoms with Gasteiger partial charge in [0, 0.05) is 46.3 Å². The third-order valence-electron chi connectivity index (χ3n) is 7.86. The molecule has 6 heteroatoms. The number of hydrogen-bond acceptors (Lipinski definition) is 4. The molecule has 1 aliphatic rings. The quantitative estimate of drug-likeness (QED) is 0.190. The molecule has 1 aliphatic heterocycles. The van der Waals surface area contributed by atoms with Gasteiger partial charge in [-0.15, -0.1) is 0 Å². The maximum absolute atomic E-state index is 11.4. The Kier molecular flexibility index (Phi) is 5.87. The number of aromatic amines is 1. The van der Waals surface area contributed by atoms with Crippen molar-refractivity contribution in [3.63, 3.8) is 0 Å². The number of aryl methyl sites for hydroxylation is 2. The van der Waals surface area contributed by atoms with E-state index >= 15 is 0 Å². The van der Waals surface area contributed by atoms with Gasteiger partial charge in [-0.05, 0) is 60.4 Å². The van der Waals surface area contributed by atoms with Gasteiger partial charge in [-0.25, -0.2) is 0 Å². The molecule has 0 amide bonds. The summed E-state index contributed by atoms with van der Waals surface area (Å²) >= 11 is 0. The zero-order chi connectivity index (χ0) is 26.4. The molecule has 2 heterocycles. The van der Waals surface area contributed by atoms with E-state index in [0.717, 1.165) is 28.1 Å². The predicted molar refractivity (Wildman–Crippen MR) is 151 cm³/mol. The molecule has 190 valence electrons. The lowest BCUT2D eigenvalue weighted by molar-refractivity contribution is -0.384. The SMILES string of the molecule is COc1ccc2c(c1)[C@@H](c1[nH]c3ccccc3c1C)[C@H](c1ccc(C)cc1)[C@@H](c1ccc([N+](=O)[O-])cc1)N2. The molecule has 4 aromatic carbocycles. The van der Waals surface area contributed by atoms with Crippen molar-refractivity contribution in [3.8, 4) is 5.75 Å². The van der Waals surface area contributed by atoms with Crippen molar-refractivity contribution in [3.05, 3.63) is 135 Å². The Bertz CT molecular complexity index is 1640. The van der Waals surface area contributed by atoms with E-state index in [0.29, 0.717) is 0 Å². The number of non-ortho nitro benzene ring substituents is 1. The van der Waals surface area contributed by atoms with Gasteiger partial charge < -0.3 is 15.0 Å². The minimum absolute atomic E-state index is 0.00317. The molecule has 0 saturated carbocycles. The minimum Gasteiger partial charge on any atom is -0.497 e. The number of nitrogens with one attached hydrogen (secondary N) is 2. The fourth-order valence-electron chi connectivity index (χ4n) is 5.92. The molecule has 0 aliphatic carbocycles. The number of anilines is 1. The van der Waals surface area contributed by atoms with E-state index in [-0.39, 0.29) is 28.5 Å². The molecule has 0 fully saturated rings. The molecule has 3 atom stereocenters. The molecule has 0 radical (unpaired) electrons. The first-order valence-corrected chi connectivity index (χ1v) is 12.8. The van der Waals surface area contributed by atoms with Gasteiger partial charge in [0.2, 0.25) is 0 Å². The first-order valence-electron chi connectivity index (χ1n) is 12.8. The molecule has 0 bridgehead atoms. The number of methoxy groups -OCH3 is 1. The Morgan fingerprint density at radius 2 is 1.58 bits per heavy atom. The summed E-state index contributed by atoms with van der Waals surface area (Å²) in [5, 5.41) is 16.4. The molecule has 0 spiro atoms. The summed E-state index contributed by atoms with van der Waals surface area (Å²) in [5.74, 6) is 0.792. The number of nitrogens with zero attached hydrogens (tertiary/aromatic N) is 1. The lowest BCUT2D eigenvalue weighted by atomic mass is 9.70. The molecular formula is C32H29N3O3. The van der Waals surface area contributed by atoms with Gasteiger partial charge in [0.25, 0.3) is 5.69 Å². The Hall–Kier alpha value is -4.58. The van der Waals surface area contributed by atoms with Crippen LogP contribution >= 0.6 is 0 Å². The zero-order valence-corrected chi connectivity index (χ0v) is 21.6. The van der Waals surface area contributed by atoms with Crippen molar-refractivity contribution < 1.29 is 9.66 Å². The summed E-state index contributed by atoms with van der Waals surface area (Å²) in [7, 11) is 1.69. The summed E-state index contributed by atoms with van der Waals surface area (Å²) in [6.45, 7) is 4.28. The Labute approximate surface area is 221 Å². The van der Waals surface area contributed by atoms with Crippen LogP contribution < -0.4 is 10.1 Å². The van der Waals surface area contributed by atoms with Crippen LogP contribution in [0.15, 0.2) is 91.0 Å². The van der Waals surface area contributed by atoms with Gasteiger partial charge in [-0.1, -0.05) is 60.2 Å². The highest BCUT2D eigenvalue weighted by atomic mass is 16.6. The van der Waals surface area contributed by atoms with E-state index in [9.17, 15) is 10.1 Å². The third-order valence-corrected chi connectivity index (χ3v) is 7.86. The number of para-hydroxylation sites is 1. The topological polar surface area (TPSA) is 80.2 Å². The molecule has 1 aromatic heterocycles.